The zero-order valence-corrected chi connectivity index (χ0v) is 15.7. The van der Waals surface area contributed by atoms with Crippen LogP contribution in [0.3, 0.4) is 0 Å². The number of aromatic nitrogens is 1. The van der Waals surface area contributed by atoms with Crippen molar-refractivity contribution in [3.63, 3.8) is 0 Å². The molecule has 0 N–H and O–H groups in total. The van der Waals surface area contributed by atoms with E-state index in [1.54, 1.807) is 6.20 Å². The monoisotopic (exact) mass is 380 g/mol. The molecule has 142 valence electrons. The number of likely N-dealkylation sites (tertiary alicyclic amines) is 1. The third-order valence-corrected chi connectivity index (χ3v) is 5.13. The van der Waals surface area contributed by atoms with Gasteiger partial charge in [-0.2, -0.15) is 8.42 Å². The van der Waals surface area contributed by atoms with Crippen LogP contribution in [0.1, 0.15) is 24.2 Å². The number of rotatable bonds is 7. The van der Waals surface area contributed by atoms with Gasteiger partial charge in [0.25, 0.3) is 10.1 Å². The van der Waals surface area contributed by atoms with Crippen LogP contribution < -0.4 is 5.76 Å². The van der Waals surface area contributed by atoms with Crippen LogP contribution in [0.2, 0.25) is 0 Å². The van der Waals surface area contributed by atoms with Crippen molar-refractivity contribution in [2.45, 2.75) is 32.5 Å². The Labute approximate surface area is 153 Å². The summed E-state index contributed by atoms with van der Waals surface area (Å²) in [6, 6.07) is 10.4. The molecular weight excluding hydrogens is 356 g/mol. The third-order valence-electron chi connectivity index (χ3n) is 4.58. The zero-order valence-electron chi connectivity index (χ0n) is 14.8. The van der Waals surface area contributed by atoms with E-state index < -0.39 is 15.9 Å². The van der Waals surface area contributed by atoms with Gasteiger partial charge in [-0.1, -0.05) is 30.3 Å². The van der Waals surface area contributed by atoms with Crippen LogP contribution in [0.15, 0.2) is 45.7 Å². The average molecular weight is 380 g/mol. The van der Waals surface area contributed by atoms with Crippen molar-refractivity contribution in [3.8, 4) is 0 Å². The quantitative estimate of drug-likeness (QED) is 0.682. The van der Waals surface area contributed by atoms with Crippen molar-refractivity contribution in [1.82, 2.24) is 9.47 Å². The Morgan fingerprint density at radius 1 is 1.19 bits per heavy atom. The van der Waals surface area contributed by atoms with E-state index in [0.717, 1.165) is 38.7 Å². The Morgan fingerprint density at radius 3 is 2.54 bits per heavy atom. The summed E-state index contributed by atoms with van der Waals surface area (Å²) in [7, 11) is -3.56. The number of nitrogens with zero attached hydrogens (tertiary/aromatic N) is 2. The number of piperidine rings is 1. The predicted octanol–water partition coefficient (Wildman–Crippen LogP) is 1.83. The molecule has 8 heteroatoms. The van der Waals surface area contributed by atoms with Crippen molar-refractivity contribution in [1.29, 1.82) is 0 Å². The fourth-order valence-electron chi connectivity index (χ4n) is 3.23. The fourth-order valence-corrected chi connectivity index (χ4v) is 3.56. The number of hydrogen-bond acceptors (Lipinski definition) is 6. The molecule has 1 aromatic heterocycles. The van der Waals surface area contributed by atoms with Gasteiger partial charge >= 0.3 is 5.76 Å². The second kappa shape index (κ2) is 8.20. The first-order chi connectivity index (χ1) is 12.4. The number of benzene rings is 1. The van der Waals surface area contributed by atoms with Crippen LogP contribution in [-0.2, 0) is 34.0 Å². The van der Waals surface area contributed by atoms with E-state index in [4.69, 9.17) is 4.42 Å². The highest BCUT2D eigenvalue weighted by Gasteiger charge is 2.21. The Morgan fingerprint density at radius 2 is 1.88 bits per heavy atom. The maximum absolute atomic E-state index is 11.9. The Kier molecular flexibility index (Phi) is 5.95. The molecule has 1 aliphatic heterocycles. The van der Waals surface area contributed by atoms with Gasteiger partial charge in [-0.3, -0.25) is 13.7 Å². The minimum absolute atomic E-state index is 0.224. The van der Waals surface area contributed by atoms with Crippen molar-refractivity contribution < 1.29 is 17.0 Å². The molecule has 0 spiro atoms. The van der Waals surface area contributed by atoms with Crippen LogP contribution in [0, 0.1) is 5.92 Å². The van der Waals surface area contributed by atoms with Gasteiger partial charge < -0.3 is 4.42 Å². The normalized spacial score (nSPS) is 16.8. The molecule has 1 fully saturated rings. The van der Waals surface area contributed by atoms with Crippen LogP contribution in [0.5, 0.6) is 0 Å². The van der Waals surface area contributed by atoms with E-state index in [2.05, 4.69) is 33.3 Å². The number of oxazole rings is 1. The SMILES string of the molecule is CS(=O)(=O)OCc1cn(CC2CCN(Cc3ccccc3)CC2)c(=O)o1. The summed E-state index contributed by atoms with van der Waals surface area (Å²) in [5.41, 5.74) is 1.31. The van der Waals surface area contributed by atoms with Crippen molar-refractivity contribution in [2.24, 2.45) is 5.92 Å². The first kappa shape index (κ1) is 18.9. The molecule has 7 nitrogen and oxygen atoms in total. The van der Waals surface area contributed by atoms with Crippen LogP contribution >= 0.6 is 0 Å². The van der Waals surface area contributed by atoms with Gasteiger partial charge in [-0.05, 0) is 37.4 Å². The van der Waals surface area contributed by atoms with Gasteiger partial charge in [0.05, 0.1) is 12.5 Å². The minimum Gasteiger partial charge on any atom is -0.410 e. The predicted molar refractivity (Wildman–Crippen MR) is 97.0 cm³/mol. The molecular formula is C18H24N2O5S. The van der Waals surface area contributed by atoms with Gasteiger partial charge in [0.2, 0.25) is 0 Å². The lowest BCUT2D eigenvalue weighted by Gasteiger charge is -2.31. The molecule has 0 amide bonds. The van der Waals surface area contributed by atoms with E-state index in [0.29, 0.717) is 12.5 Å². The Bertz CT molecular complexity index is 864. The van der Waals surface area contributed by atoms with Crippen molar-refractivity contribution in [2.75, 3.05) is 19.3 Å². The van der Waals surface area contributed by atoms with E-state index in [9.17, 15) is 13.2 Å². The molecule has 0 saturated carbocycles. The molecule has 1 saturated heterocycles. The summed E-state index contributed by atoms with van der Waals surface area (Å²) in [5.74, 6) is 0.159. The summed E-state index contributed by atoms with van der Waals surface area (Å²) in [4.78, 5) is 14.4. The fraction of sp³-hybridized carbons (Fsp3) is 0.500. The number of hydrogen-bond donors (Lipinski definition) is 0. The third kappa shape index (κ3) is 5.55. The van der Waals surface area contributed by atoms with Gasteiger partial charge in [0, 0.05) is 13.1 Å². The molecule has 3 rings (SSSR count). The molecule has 0 unspecified atom stereocenters. The van der Waals surface area contributed by atoms with Crippen LogP contribution in [0.25, 0.3) is 0 Å². The first-order valence-corrected chi connectivity index (χ1v) is 10.5. The van der Waals surface area contributed by atoms with Gasteiger partial charge in [0.1, 0.15) is 6.61 Å². The standard InChI is InChI=1S/C18H24N2O5S/c1-26(22,23)24-14-17-13-20(18(21)25-17)12-16-7-9-19(10-8-16)11-15-5-3-2-4-6-15/h2-6,13,16H,7-12,14H2,1H3. The lowest BCUT2D eigenvalue weighted by molar-refractivity contribution is 0.165. The molecule has 1 aliphatic rings. The average Bonchev–Trinajstić information content (AvgIpc) is 2.95. The Hall–Kier alpha value is -1.90. The van der Waals surface area contributed by atoms with Crippen LogP contribution in [0.4, 0.5) is 0 Å². The maximum Gasteiger partial charge on any atom is 0.419 e. The summed E-state index contributed by atoms with van der Waals surface area (Å²) in [5, 5.41) is 0. The van der Waals surface area contributed by atoms with E-state index in [1.807, 2.05) is 6.07 Å². The second-order valence-corrected chi connectivity index (χ2v) is 8.43. The summed E-state index contributed by atoms with van der Waals surface area (Å²) < 4.78 is 33.3. The van der Waals surface area contributed by atoms with E-state index in [-0.39, 0.29) is 12.4 Å². The second-order valence-electron chi connectivity index (χ2n) is 6.79. The first-order valence-electron chi connectivity index (χ1n) is 8.69. The van der Waals surface area contributed by atoms with Crippen molar-refractivity contribution in [3.05, 3.63) is 58.4 Å². The highest BCUT2D eigenvalue weighted by molar-refractivity contribution is 7.85. The molecule has 0 atom stereocenters. The van der Waals surface area contributed by atoms with Crippen LogP contribution in [-0.4, -0.2) is 37.2 Å². The lowest BCUT2D eigenvalue weighted by atomic mass is 9.96. The van der Waals surface area contributed by atoms with E-state index in [1.165, 1.54) is 10.1 Å². The van der Waals surface area contributed by atoms with Gasteiger partial charge in [-0.25, -0.2) is 4.79 Å². The highest BCUT2D eigenvalue weighted by atomic mass is 32.2. The smallest absolute Gasteiger partial charge is 0.410 e. The van der Waals surface area contributed by atoms with Gasteiger partial charge in [-0.15, -0.1) is 0 Å². The minimum atomic E-state index is -3.56. The Balaban J connectivity index is 1.50. The largest absolute Gasteiger partial charge is 0.419 e. The molecule has 0 aliphatic carbocycles. The summed E-state index contributed by atoms with van der Waals surface area (Å²) >= 11 is 0. The molecule has 2 heterocycles. The van der Waals surface area contributed by atoms with Crippen molar-refractivity contribution >= 4 is 10.1 Å². The topological polar surface area (TPSA) is 81.8 Å². The molecule has 2 aromatic rings. The molecule has 0 bridgehead atoms. The maximum atomic E-state index is 11.9. The summed E-state index contributed by atoms with van der Waals surface area (Å²) in [6.07, 6.45) is 4.54. The molecule has 1 aromatic carbocycles. The molecule has 26 heavy (non-hydrogen) atoms. The highest BCUT2D eigenvalue weighted by Crippen LogP contribution is 2.20. The zero-order chi connectivity index (χ0) is 18.6. The van der Waals surface area contributed by atoms with Gasteiger partial charge in [0.15, 0.2) is 5.76 Å². The molecule has 0 radical (unpaired) electrons. The van der Waals surface area contributed by atoms with E-state index >= 15 is 0 Å². The summed E-state index contributed by atoms with van der Waals surface area (Å²) in [6.45, 7) is 3.27. The lowest BCUT2D eigenvalue weighted by Crippen LogP contribution is -2.35.